The van der Waals surface area contributed by atoms with Crippen LogP contribution in [-0.4, -0.2) is 49.6 Å². The number of piperidine rings is 2. The van der Waals surface area contributed by atoms with Gasteiger partial charge in [0.05, 0.1) is 18.2 Å². The fraction of sp³-hybridized carbons (Fsp3) is 0.474. The van der Waals surface area contributed by atoms with E-state index in [1.807, 2.05) is 24.0 Å². The first-order chi connectivity index (χ1) is 12.1. The Morgan fingerprint density at radius 3 is 2.68 bits per heavy atom. The third kappa shape index (κ3) is 2.61. The molecule has 2 aromatic rings. The van der Waals surface area contributed by atoms with Gasteiger partial charge in [0.15, 0.2) is 5.82 Å². The Morgan fingerprint density at radius 1 is 1.28 bits per heavy atom. The van der Waals surface area contributed by atoms with Gasteiger partial charge in [-0.3, -0.25) is 4.79 Å². The summed E-state index contributed by atoms with van der Waals surface area (Å²) in [5.41, 5.74) is 1.80. The molecule has 2 aliphatic heterocycles. The lowest BCUT2D eigenvalue weighted by atomic mass is 9.64. The first kappa shape index (κ1) is 16.1. The largest absolute Gasteiger partial charge is 0.394 e. The minimum atomic E-state index is -0.142. The number of aryl methyl sites for hydroxylation is 1. The van der Waals surface area contributed by atoms with Crippen molar-refractivity contribution in [1.82, 2.24) is 19.9 Å². The van der Waals surface area contributed by atoms with Gasteiger partial charge in [-0.05, 0) is 49.8 Å². The molecule has 2 atom stereocenters. The van der Waals surface area contributed by atoms with Gasteiger partial charge in [0.25, 0.3) is 5.91 Å². The van der Waals surface area contributed by atoms with Crippen molar-refractivity contribution in [3.63, 3.8) is 0 Å². The van der Waals surface area contributed by atoms with Crippen molar-refractivity contribution < 1.29 is 9.90 Å². The molecule has 2 unspecified atom stereocenters. The molecule has 5 rings (SSSR count). The molecule has 25 heavy (non-hydrogen) atoms. The van der Waals surface area contributed by atoms with Crippen molar-refractivity contribution in [2.75, 3.05) is 6.61 Å². The van der Waals surface area contributed by atoms with Crippen LogP contribution < -0.4 is 0 Å². The van der Waals surface area contributed by atoms with Crippen molar-refractivity contribution in [1.29, 1.82) is 0 Å². The Balaban J connectivity index is 1.76. The molecule has 0 spiro atoms. The molecule has 1 amide bonds. The van der Waals surface area contributed by atoms with Crippen LogP contribution in [0.5, 0.6) is 0 Å². The number of aliphatic hydroxyl groups excluding tert-OH is 1. The summed E-state index contributed by atoms with van der Waals surface area (Å²) in [6.45, 7) is 3.99. The Bertz CT molecular complexity index is 789. The third-order valence-corrected chi connectivity index (χ3v) is 5.72. The summed E-state index contributed by atoms with van der Waals surface area (Å²) in [5, 5.41) is 9.87. The summed E-state index contributed by atoms with van der Waals surface area (Å²) in [6, 6.07) is 5.53. The molecule has 1 saturated carbocycles. The Morgan fingerprint density at radius 2 is 2.00 bits per heavy atom. The van der Waals surface area contributed by atoms with E-state index in [0.717, 1.165) is 18.5 Å². The van der Waals surface area contributed by atoms with E-state index in [1.165, 1.54) is 0 Å². The molecule has 2 saturated heterocycles. The van der Waals surface area contributed by atoms with Crippen molar-refractivity contribution >= 4 is 5.91 Å². The van der Waals surface area contributed by atoms with Gasteiger partial charge in [-0.25, -0.2) is 15.0 Å². The Kier molecular flexibility index (Phi) is 4.00. The third-order valence-electron chi connectivity index (χ3n) is 5.72. The van der Waals surface area contributed by atoms with Gasteiger partial charge < -0.3 is 10.0 Å². The highest BCUT2D eigenvalue weighted by molar-refractivity contribution is 5.98. The van der Waals surface area contributed by atoms with Crippen LogP contribution in [0.2, 0.25) is 0 Å². The van der Waals surface area contributed by atoms with Gasteiger partial charge in [0.2, 0.25) is 0 Å². The SMILES string of the molecule is Cc1ccc(-c2ncccn2)c(C(=O)N2C3CC(C3)C(C)C2CO)n1. The zero-order valence-electron chi connectivity index (χ0n) is 14.5. The summed E-state index contributed by atoms with van der Waals surface area (Å²) in [6.07, 6.45) is 5.36. The van der Waals surface area contributed by atoms with Crippen LogP contribution in [0.25, 0.3) is 11.4 Å². The smallest absolute Gasteiger partial charge is 0.273 e. The van der Waals surface area contributed by atoms with E-state index in [2.05, 4.69) is 21.9 Å². The van der Waals surface area contributed by atoms with Crippen LogP contribution in [0.4, 0.5) is 0 Å². The highest BCUT2D eigenvalue weighted by Crippen LogP contribution is 2.46. The van der Waals surface area contributed by atoms with E-state index >= 15 is 0 Å². The zero-order valence-corrected chi connectivity index (χ0v) is 14.5. The van der Waals surface area contributed by atoms with E-state index in [9.17, 15) is 9.90 Å². The highest BCUT2D eigenvalue weighted by atomic mass is 16.3. The molecule has 2 bridgehead atoms. The van der Waals surface area contributed by atoms with E-state index in [-0.39, 0.29) is 24.6 Å². The first-order valence-corrected chi connectivity index (χ1v) is 8.78. The van der Waals surface area contributed by atoms with Crippen molar-refractivity contribution in [3.05, 3.63) is 42.0 Å². The van der Waals surface area contributed by atoms with Gasteiger partial charge >= 0.3 is 0 Å². The number of hydrogen-bond acceptors (Lipinski definition) is 5. The van der Waals surface area contributed by atoms with E-state index in [0.29, 0.717) is 28.9 Å². The Hall–Kier alpha value is -2.34. The molecular formula is C19H22N4O2. The normalized spacial score (nSPS) is 27.7. The molecule has 3 fully saturated rings. The van der Waals surface area contributed by atoms with Crippen molar-refractivity contribution in [2.45, 2.75) is 38.8 Å². The highest BCUT2D eigenvalue weighted by Gasteiger charge is 2.50. The average Bonchev–Trinajstić information content (AvgIpc) is 2.60. The van der Waals surface area contributed by atoms with E-state index in [4.69, 9.17) is 0 Å². The van der Waals surface area contributed by atoms with Crippen LogP contribution in [0.15, 0.2) is 30.6 Å². The summed E-state index contributed by atoms with van der Waals surface area (Å²) < 4.78 is 0. The molecule has 130 valence electrons. The lowest BCUT2D eigenvalue weighted by Gasteiger charge is -2.56. The predicted octanol–water partition coefficient (Wildman–Crippen LogP) is 2.08. The van der Waals surface area contributed by atoms with Gasteiger partial charge in [0.1, 0.15) is 5.69 Å². The minimum absolute atomic E-state index is 0.0110. The second kappa shape index (κ2) is 6.19. The van der Waals surface area contributed by atoms with Crippen molar-refractivity contribution in [2.24, 2.45) is 11.8 Å². The number of fused-ring (bicyclic) bond motifs is 2. The Labute approximate surface area is 147 Å². The topological polar surface area (TPSA) is 79.2 Å². The number of hydrogen-bond donors (Lipinski definition) is 1. The van der Waals surface area contributed by atoms with Crippen LogP contribution in [0.3, 0.4) is 0 Å². The molecule has 4 heterocycles. The molecule has 1 aliphatic carbocycles. The number of carbonyl (C=O) groups excluding carboxylic acids is 1. The lowest BCUT2D eigenvalue weighted by molar-refractivity contribution is -0.0704. The second-order valence-corrected chi connectivity index (χ2v) is 7.13. The number of amides is 1. The minimum Gasteiger partial charge on any atom is -0.394 e. The van der Waals surface area contributed by atoms with Crippen LogP contribution >= 0.6 is 0 Å². The molecule has 0 radical (unpaired) electrons. The predicted molar refractivity (Wildman–Crippen MR) is 92.7 cm³/mol. The maximum absolute atomic E-state index is 13.4. The number of aromatic nitrogens is 3. The van der Waals surface area contributed by atoms with Crippen LogP contribution in [-0.2, 0) is 0 Å². The van der Waals surface area contributed by atoms with Crippen molar-refractivity contribution in [3.8, 4) is 11.4 Å². The van der Waals surface area contributed by atoms with Crippen LogP contribution in [0, 0.1) is 18.8 Å². The number of carbonyl (C=O) groups is 1. The maximum Gasteiger partial charge on any atom is 0.273 e. The molecule has 3 aliphatic rings. The maximum atomic E-state index is 13.4. The molecular weight excluding hydrogens is 316 g/mol. The van der Waals surface area contributed by atoms with E-state index in [1.54, 1.807) is 18.5 Å². The number of nitrogens with zero attached hydrogens (tertiary/aromatic N) is 4. The lowest BCUT2D eigenvalue weighted by Crippen LogP contribution is -2.64. The van der Waals surface area contributed by atoms with Gasteiger partial charge in [-0.15, -0.1) is 0 Å². The summed E-state index contributed by atoms with van der Waals surface area (Å²) in [4.78, 5) is 28.3. The molecule has 0 aromatic carbocycles. The second-order valence-electron chi connectivity index (χ2n) is 7.13. The quantitative estimate of drug-likeness (QED) is 0.927. The fourth-order valence-corrected chi connectivity index (χ4v) is 4.16. The zero-order chi connectivity index (χ0) is 17.6. The number of rotatable bonds is 3. The van der Waals surface area contributed by atoms with E-state index < -0.39 is 0 Å². The van der Waals surface area contributed by atoms with Gasteiger partial charge in [-0.2, -0.15) is 0 Å². The standard InChI is InChI=1S/C19H22N4O2/c1-11-4-5-15(18-20-6-3-7-21-18)17(22-11)19(25)23-14-8-13(9-14)12(2)16(23)10-24/h3-7,12-14,16,24H,8-10H2,1-2H3. The summed E-state index contributed by atoms with van der Waals surface area (Å²) in [5.74, 6) is 1.30. The van der Waals surface area contributed by atoms with Crippen LogP contribution in [0.1, 0.15) is 35.9 Å². The first-order valence-electron chi connectivity index (χ1n) is 8.78. The molecule has 6 heteroatoms. The molecule has 2 aromatic heterocycles. The fourth-order valence-electron chi connectivity index (χ4n) is 4.16. The van der Waals surface area contributed by atoms with Gasteiger partial charge in [0, 0.05) is 24.1 Å². The summed E-state index contributed by atoms with van der Waals surface area (Å²) in [7, 11) is 0. The number of pyridine rings is 1. The molecule has 6 nitrogen and oxygen atoms in total. The monoisotopic (exact) mass is 338 g/mol. The summed E-state index contributed by atoms with van der Waals surface area (Å²) >= 11 is 0. The molecule has 1 N–H and O–H groups in total. The number of aliphatic hydroxyl groups is 1. The average molecular weight is 338 g/mol. The van der Waals surface area contributed by atoms with Gasteiger partial charge in [-0.1, -0.05) is 6.92 Å².